The number of halogens is 1. The highest BCUT2D eigenvalue weighted by Gasteiger charge is 2.12. The highest BCUT2D eigenvalue weighted by atomic mass is 35.5. The summed E-state index contributed by atoms with van der Waals surface area (Å²) in [4.78, 5) is 22.1. The fourth-order valence-electron chi connectivity index (χ4n) is 1.12. The second-order valence-corrected chi connectivity index (χ2v) is 3.41. The Bertz CT molecular complexity index is 419. The van der Waals surface area contributed by atoms with Gasteiger partial charge in [0.1, 0.15) is 6.61 Å². The summed E-state index contributed by atoms with van der Waals surface area (Å²) in [7, 11) is 1.37. The zero-order valence-electron chi connectivity index (χ0n) is 8.49. The predicted molar refractivity (Wildman–Crippen MR) is 58.9 cm³/mol. The molecular weight excluding hydrogens is 234 g/mol. The summed E-state index contributed by atoms with van der Waals surface area (Å²) in [6.45, 7) is -0.147. The van der Waals surface area contributed by atoms with Crippen LogP contribution in [0.2, 0.25) is 5.02 Å². The quantitative estimate of drug-likeness (QED) is 0.843. The van der Waals surface area contributed by atoms with Crippen molar-refractivity contribution in [3.63, 3.8) is 0 Å². The average molecular weight is 244 g/mol. The molecule has 2 N–H and O–H groups in total. The number of hydrogen-bond donors (Lipinski definition) is 2. The summed E-state index contributed by atoms with van der Waals surface area (Å²) >= 11 is 5.71. The van der Waals surface area contributed by atoms with Gasteiger partial charge < -0.3 is 15.2 Å². The molecule has 0 unspecified atom stereocenters. The van der Waals surface area contributed by atoms with E-state index in [1.54, 1.807) is 0 Å². The molecule has 1 rings (SSSR count). The fourth-order valence-corrected chi connectivity index (χ4v) is 1.30. The predicted octanol–water partition coefficient (Wildman–Crippen LogP) is 1.62. The Hall–Kier alpha value is -1.59. The molecule has 86 valence electrons. The molecule has 0 fully saturated rings. The molecular formula is C10H10ClNO4. The highest BCUT2D eigenvalue weighted by molar-refractivity contribution is 6.31. The number of hydrogen-bond acceptors (Lipinski definition) is 3. The van der Waals surface area contributed by atoms with Gasteiger partial charge in [0.2, 0.25) is 5.91 Å². The van der Waals surface area contributed by atoms with Gasteiger partial charge in [0.25, 0.3) is 0 Å². The molecule has 6 heteroatoms. The maximum Gasteiger partial charge on any atom is 0.337 e. The maximum absolute atomic E-state index is 11.2. The summed E-state index contributed by atoms with van der Waals surface area (Å²) in [5.41, 5.74) is 0.135. The third-order valence-electron chi connectivity index (χ3n) is 1.76. The maximum atomic E-state index is 11.2. The Morgan fingerprint density at radius 2 is 2.19 bits per heavy atom. The third kappa shape index (κ3) is 3.22. The molecule has 0 saturated heterocycles. The van der Waals surface area contributed by atoms with Crippen LogP contribution in [0.15, 0.2) is 18.2 Å². The van der Waals surface area contributed by atoms with E-state index in [2.05, 4.69) is 10.1 Å². The number of ether oxygens (including phenoxy) is 1. The lowest BCUT2D eigenvalue weighted by atomic mass is 10.2. The van der Waals surface area contributed by atoms with E-state index in [0.717, 1.165) is 0 Å². The van der Waals surface area contributed by atoms with Crippen LogP contribution in [0.3, 0.4) is 0 Å². The summed E-state index contributed by atoms with van der Waals surface area (Å²) in [5, 5.41) is 11.6. The monoisotopic (exact) mass is 243 g/mol. The normalized spacial score (nSPS) is 9.88. The van der Waals surface area contributed by atoms with Crippen LogP contribution in [0, 0.1) is 0 Å². The zero-order chi connectivity index (χ0) is 12.1. The summed E-state index contributed by atoms with van der Waals surface area (Å²) < 4.78 is 4.61. The van der Waals surface area contributed by atoms with Crippen molar-refractivity contribution >= 4 is 29.2 Å². The van der Waals surface area contributed by atoms with E-state index in [-0.39, 0.29) is 17.9 Å². The number of aromatic carboxylic acids is 1. The SMILES string of the molecule is COCC(=O)Nc1cc(Cl)ccc1C(=O)O. The summed E-state index contributed by atoms with van der Waals surface area (Å²) in [5.74, 6) is -1.57. The van der Waals surface area contributed by atoms with Gasteiger partial charge in [-0.3, -0.25) is 4.79 Å². The highest BCUT2D eigenvalue weighted by Crippen LogP contribution is 2.21. The van der Waals surface area contributed by atoms with Gasteiger partial charge in [-0.2, -0.15) is 0 Å². The second-order valence-electron chi connectivity index (χ2n) is 2.98. The number of nitrogens with one attached hydrogen (secondary N) is 1. The van der Waals surface area contributed by atoms with E-state index in [1.807, 2.05) is 0 Å². The molecule has 0 atom stereocenters. The topological polar surface area (TPSA) is 75.6 Å². The molecule has 0 saturated carbocycles. The van der Waals surface area contributed by atoms with Crippen LogP contribution >= 0.6 is 11.6 Å². The molecule has 1 aromatic rings. The smallest absolute Gasteiger partial charge is 0.337 e. The molecule has 0 aliphatic rings. The minimum atomic E-state index is -1.13. The standard InChI is InChI=1S/C10H10ClNO4/c1-16-5-9(13)12-8-4-6(11)2-3-7(8)10(14)15/h2-4H,5H2,1H3,(H,12,13)(H,14,15). The van der Waals surface area contributed by atoms with Gasteiger partial charge in [0.15, 0.2) is 0 Å². The minimum Gasteiger partial charge on any atom is -0.478 e. The molecule has 0 radical (unpaired) electrons. The Morgan fingerprint density at radius 1 is 1.50 bits per heavy atom. The van der Waals surface area contributed by atoms with Gasteiger partial charge in [-0.1, -0.05) is 11.6 Å². The average Bonchev–Trinajstić information content (AvgIpc) is 2.17. The van der Waals surface area contributed by atoms with Gasteiger partial charge in [-0.05, 0) is 18.2 Å². The van der Waals surface area contributed by atoms with Crippen molar-refractivity contribution in [2.45, 2.75) is 0 Å². The van der Waals surface area contributed by atoms with E-state index in [4.69, 9.17) is 16.7 Å². The molecule has 0 heterocycles. The Balaban J connectivity index is 2.96. The first-order chi connectivity index (χ1) is 7.54. The summed E-state index contributed by atoms with van der Waals surface area (Å²) in [6.07, 6.45) is 0. The number of benzene rings is 1. The van der Waals surface area contributed by atoms with E-state index in [1.165, 1.54) is 25.3 Å². The van der Waals surface area contributed by atoms with E-state index in [9.17, 15) is 9.59 Å². The number of methoxy groups -OCH3 is 1. The van der Waals surface area contributed by atoms with Crippen molar-refractivity contribution in [1.82, 2.24) is 0 Å². The number of rotatable bonds is 4. The van der Waals surface area contributed by atoms with Crippen molar-refractivity contribution < 1.29 is 19.4 Å². The summed E-state index contributed by atoms with van der Waals surface area (Å²) in [6, 6.07) is 4.14. The Morgan fingerprint density at radius 3 is 2.75 bits per heavy atom. The molecule has 0 bridgehead atoms. The van der Waals surface area contributed by atoms with Crippen molar-refractivity contribution in [3.8, 4) is 0 Å². The van der Waals surface area contributed by atoms with Crippen LogP contribution in [0.4, 0.5) is 5.69 Å². The number of anilines is 1. The van der Waals surface area contributed by atoms with E-state index in [0.29, 0.717) is 5.02 Å². The molecule has 16 heavy (non-hydrogen) atoms. The Kier molecular flexibility index (Phi) is 4.28. The first kappa shape index (κ1) is 12.5. The van der Waals surface area contributed by atoms with Gasteiger partial charge in [-0.25, -0.2) is 4.79 Å². The first-order valence-corrected chi connectivity index (χ1v) is 4.74. The Labute approximate surface area is 97.0 Å². The van der Waals surface area contributed by atoms with Crippen molar-refractivity contribution in [2.75, 3.05) is 19.0 Å². The van der Waals surface area contributed by atoms with Crippen LogP contribution in [-0.4, -0.2) is 30.7 Å². The number of carbonyl (C=O) groups excluding carboxylic acids is 1. The molecule has 1 aromatic carbocycles. The van der Waals surface area contributed by atoms with Crippen molar-refractivity contribution in [3.05, 3.63) is 28.8 Å². The fraction of sp³-hybridized carbons (Fsp3) is 0.200. The van der Waals surface area contributed by atoms with Crippen LogP contribution in [-0.2, 0) is 9.53 Å². The van der Waals surface area contributed by atoms with Gasteiger partial charge in [0, 0.05) is 12.1 Å². The number of carbonyl (C=O) groups is 2. The number of amides is 1. The largest absolute Gasteiger partial charge is 0.478 e. The number of carboxylic acids is 1. The van der Waals surface area contributed by atoms with E-state index >= 15 is 0 Å². The lowest BCUT2D eigenvalue weighted by molar-refractivity contribution is -0.119. The van der Waals surface area contributed by atoms with Crippen LogP contribution in [0.1, 0.15) is 10.4 Å². The minimum absolute atomic E-state index is 0.0196. The van der Waals surface area contributed by atoms with Crippen LogP contribution in [0.5, 0.6) is 0 Å². The zero-order valence-corrected chi connectivity index (χ0v) is 9.25. The van der Waals surface area contributed by atoms with Crippen LogP contribution in [0.25, 0.3) is 0 Å². The van der Waals surface area contributed by atoms with Gasteiger partial charge in [0.05, 0.1) is 11.3 Å². The van der Waals surface area contributed by atoms with E-state index < -0.39 is 11.9 Å². The van der Waals surface area contributed by atoms with Crippen molar-refractivity contribution in [2.24, 2.45) is 0 Å². The third-order valence-corrected chi connectivity index (χ3v) is 2.00. The van der Waals surface area contributed by atoms with Crippen LogP contribution < -0.4 is 5.32 Å². The molecule has 0 spiro atoms. The molecule has 5 nitrogen and oxygen atoms in total. The van der Waals surface area contributed by atoms with Crippen molar-refractivity contribution in [1.29, 1.82) is 0 Å². The second kappa shape index (κ2) is 5.48. The first-order valence-electron chi connectivity index (χ1n) is 4.36. The molecule has 0 aliphatic carbocycles. The lowest BCUT2D eigenvalue weighted by Gasteiger charge is -2.08. The lowest BCUT2D eigenvalue weighted by Crippen LogP contribution is -2.19. The van der Waals surface area contributed by atoms with Gasteiger partial charge >= 0.3 is 5.97 Å². The molecule has 1 amide bonds. The number of carboxylic acid groups (broad SMARTS) is 1. The van der Waals surface area contributed by atoms with Gasteiger partial charge in [-0.15, -0.1) is 0 Å². The molecule has 0 aliphatic heterocycles. The molecule has 0 aromatic heterocycles.